The van der Waals surface area contributed by atoms with Crippen LogP contribution in [0.4, 0.5) is 0 Å². The molecular formula is C7H16N2O2. The lowest BCUT2D eigenvalue weighted by atomic mass is 10.1. The Kier molecular flexibility index (Phi) is 5.78. The number of carbonyl (C=O) groups excluding carboxylic acids is 1. The molecule has 11 heavy (non-hydrogen) atoms. The first-order valence-corrected chi connectivity index (χ1v) is 3.88. The van der Waals surface area contributed by atoms with Crippen LogP contribution in [0.5, 0.6) is 0 Å². The summed E-state index contributed by atoms with van der Waals surface area (Å²) in [5, 5.41) is 0. The lowest BCUT2D eigenvalue weighted by Crippen LogP contribution is -2.33. The maximum absolute atomic E-state index is 10.6. The normalized spacial score (nSPS) is 12.6. The molecule has 1 atom stereocenters. The molecule has 0 saturated heterocycles. The highest BCUT2D eigenvalue weighted by Crippen LogP contribution is 2.01. The van der Waals surface area contributed by atoms with Crippen LogP contribution in [0.3, 0.4) is 0 Å². The zero-order valence-corrected chi connectivity index (χ0v) is 6.88. The average molecular weight is 160 g/mol. The Morgan fingerprint density at radius 3 is 2.64 bits per heavy atom. The third kappa shape index (κ3) is 4.75. The van der Waals surface area contributed by atoms with E-state index in [1.54, 1.807) is 0 Å². The summed E-state index contributed by atoms with van der Waals surface area (Å²) in [6.45, 7) is 2.09. The van der Waals surface area contributed by atoms with Gasteiger partial charge >= 0.3 is 5.97 Å². The number of nitrogens with two attached hydrogens (primary N) is 2. The molecule has 0 aliphatic carbocycles. The van der Waals surface area contributed by atoms with Gasteiger partial charge in [-0.05, 0) is 6.42 Å². The maximum atomic E-state index is 10.6. The van der Waals surface area contributed by atoms with Gasteiger partial charge in [-0.2, -0.15) is 5.90 Å². The Balaban J connectivity index is 3.36. The quantitative estimate of drug-likeness (QED) is 0.448. The fourth-order valence-electron chi connectivity index (χ4n) is 0.819. The molecule has 0 fully saturated rings. The van der Waals surface area contributed by atoms with Crippen molar-refractivity contribution in [1.82, 2.24) is 0 Å². The Labute approximate surface area is 66.8 Å². The highest BCUT2D eigenvalue weighted by atomic mass is 16.7. The molecule has 0 heterocycles. The molecule has 1 unspecified atom stereocenters. The zero-order chi connectivity index (χ0) is 8.69. The SMILES string of the molecule is CCCCCC(N)C(=O)ON. The molecule has 0 saturated carbocycles. The van der Waals surface area contributed by atoms with Crippen molar-refractivity contribution in [2.24, 2.45) is 11.6 Å². The van der Waals surface area contributed by atoms with Crippen LogP contribution in [0.25, 0.3) is 0 Å². The summed E-state index contributed by atoms with van der Waals surface area (Å²) in [5.74, 6) is 4.12. The van der Waals surface area contributed by atoms with Gasteiger partial charge in [0.1, 0.15) is 6.04 Å². The summed E-state index contributed by atoms with van der Waals surface area (Å²) in [7, 11) is 0. The Morgan fingerprint density at radius 2 is 2.18 bits per heavy atom. The molecule has 0 aliphatic rings. The summed E-state index contributed by atoms with van der Waals surface area (Å²) in [6.07, 6.45) is 3.81. The summed E-state index contributed by atoms with van der Waals surface area (Å²) in [4.78, 5) is 14.6. The van der Waals surface area contributed by atoms with Crippen LogP contribution in [0.1, 0.15) is 32.6 Å². The van der Waals surface area contributed by atoms with Crippen molar-refractivity contribution in [1.29, 1.82) is 0 Å². The van der Waals surface area contributed by atoms with Crippen LogP contribution in [-0.2, 0) is 9.63 Å². The van der Waals surface area contributed by atoms with Gasteiger partial charge in [0.05, 0.1) is 0 Å². The predicted molar refractivity (Wildman–Crippen MR) is 42.4 cm³/mol. The molecule has 4 nitrogen and oxygen atoms in total. The van der Waals surface area contributed by atoms with Crippen LogP contribution in [0.2, 0.25) is 0 Å². The van der Waals surface area contributed by atoms with Crippen molar-refractivity contribution in [3.8, 4) is 0 Å². The lowest BCUT2D eigenvalue weighted by Gasteiger charge is -2.06. The first-order chi connectivity index (χ1) is 5.22. The molecule has 0 bridgehead atoms. The minimum absolute atomic E-state index is 0.527. The van der Waals surface area contributed by atoms with Crippen molar-refractivity contribution in [2.75, 3.05) is 0 Å². The summed E-state index contributed by atoms with van der Waals surface area (Å²) < 4.78 is 0. The fourth-order valence-corrected chi connectivity index (χ4v) is 0.819. The number of carbonyl (C=O) groups is 1. The van der Waals surface area contributed by atoms with Crippen LogP contribution < -0.4 is 11.6 Å². The molecule has 0 aromatic carbocycles. The smallest absolute Gasteiger partial charge is 0.341 e. The topological polar surface area (TPSA) is 78.3 Å². The summed E-state index contributed by atoms with van der Waals surface area (Å²) in [6, 6.07) is -0.549. The van der Waals surface area contributed by atoms with Gasteiger partial charge in [-0.3, -0.25) is 0 Å². The van der Waals surface area contributed by atoms with Crippen molar-refractivity contribution in [3.05, 3.63) is 0 Å². The van der Waals surface area contributed by atoms with Crippen molar-refractivity contribution in [3.63, 3.8) is 0 Å². The Hall–Kier alpha value is -0.610. The van der Waals surface area contributed by atoms with Gasteiger partial charge in [-0.1, -0.05) is 26.2 Å². The van der Waals surface area contributed by atoms with Crippen LogP contribution in [0, 0.1) is 0 Å². The van der Waals surface area contributed by atoms with E-state index in [1.165, 1.54) is 0 Å². The largest absolute Gasteiger partial charge is 0.372 e. The van der Waals surface area contributed by atoms with Crippen LogP contribution >= 0.6 is 0 Å². The average Bonchev–Trinajstić information content (AvgIpc) is 2.03. The van der Waals surface area contributed by atoms with Gasteiger partial charge in [-0.15, -0.1) is 0 Å². The second-order valence-electron chi connectivity index (χ2n) is 2.54. The lowest BCUT2D eigenvalue weighted by molar-refractivity contribution is -0.145. The van der Waals surface area contributed by atoms with E-state index in [0.29, 0.717) is 6.42 Å². The molecule has 0 spiro atoms. The molecule has 0 rings (SSSR count). The molecule has 4 heteroatoms. The van der Waals surface area contributed by atoms with E-state index in [2.05, 4.69) is 17.7 Å². The zero-order valence-electron chi connectivity index (χ0n) is 6.88. The number of rotatable bonds is 5. The van der Waals surface area contributed by atoms with Gasteiger partial charge in [-0.25, -0.2) is 4.79 Å². The molecule has 66 valence electrons. The second kappa shape index (κ2) is 6.12. The van der Waals surface area contributed by atoms with Gasteiger partial charge in [0, 0.05) is 0 Å². The monoisotopic (exact) mass is 160 g/mol. The maximum Gasteiger partial charge on any atom is 0.341 e. The van der Waals surface area contributed by atoms with E-state index < -0.39 is 12.0 Å². The standard InChI is InChI=1S/C7H16N2O2/c1-2-3-4-5-6(8)7(10)11-9/h6H,2-5,8-9H2,1H3. The van der Waals surface area contributed by atoms with E-state index in [1.807, 2.05) is 0 Å². The molecule has 0 aromatic heterocycles. The molecule has 0 amide bonds. The van der Waals surface area contributed by atoms with Crippen molar-refractivity contribution < 1.29 is 9.63 Å². The van der Waals surface area contributed by atoms with E-state index in [0.717, 1.165) is 19.3 Å². The number of hydrogen-bond acceptors (Lipinski definition) is 4. The third-order valence-electron chi connectivity index (χ3n) is 1.54. The molecule has 0 aliphatic heterocycles. The Morgan fingerprint density at radius 1 is 1.55 bits per heavy atom. The predicted octanol–water partition coefficient (Wildman–Crippen LogP) is 0.311. The molecule has 4 N–H and O–H groups in total. The van der Waals surface area contributed by atoms with E-state index in [4.69, 9.17) is 5.73 Å². The minimum Gasteiger partial charge on any atom is -0.372 e. The van der Waals surface area contributed by atoms with Crippen LogP contribution in [0.15, 0.2) is 0 Å². The van der Waals surface area contributed by atoms with Crippen molar-refractivity contribution >= 4 is 5.97 Å². The van der Waals surface area contributed by atoms with E-state index >= 15 is 0 Å². The third-order valence-corrected chi connectivity index (χ3v) is 1.54. The highest BCUT2D eigenvalue weighted by molar-refractivity contribution is 5.74. The fraction of sp³-hybridized carbons (Fsp3) is 0.857. The summed E-state index contributed by atoms with van der Waals surface area (Å²) in [5.41, 5.74) is 5.41. The van der Waals surface area contributed by atoms with Gasteiger partial charge in [0.2, 0.25) is 0 Å². The van der Waals surface area contributed by atoms with E-state index in [-0.39, 0.29) is 0 Å². The van der Waals surface area contributed by atoms with Gasteiger partial charge < -0.3 is 10.6 Å². The summed E-state index contributed by atoms with van der Waals surface area (Å²) >= 11 is 0. The molecule has 0 radical (unpaired) electrons. The van der Waals surface area contributed by atoms with Crippen molar-refractivity contribution in [2.45, 2.75) is 38.6 Å². The van der Waals surface area contributed by atoms with Gasteiger partial charge in [0.15, 0.2) is 0 Å². The van der Waals surface area contributed by atoms with Crippen LogP contribution in [-0.4, -0.2) is 12.0 Å². The molecule has 0 aromatic rings. The van der Waals surface area contributed by atoms with E-state index in [9.17, 15) is 4.79 Å². The number of unbranched alkanes of at least 4 members (excludes halogenated alkanes) is 2. The highest BCUT2D eigenvalue weighted by Gasteiger charge is 2.12. The first kappa shape index (κ1) is 10.4. The Bertz CT molecular complexity index is 117. The van der Waals surface area contributed by atoms with Gasteiger partial charge in [0.25, 0.3) is 0 Å². The first-order valence-electron chi connectivity index (χ1n) is 3.88. The number of hydrogen-bond donors (Lipinski definition) is 2. The minimum atomic E-state index is -0.549. The molecular weight excluding hydrogens is 144 g/mol. The second-order valence-corrected chi connectivity index (χ2v) is 2.54.